The minimum absolute atomic E-state index is 1.02. The second-order valence-electron chi connectivity index (χ2n) is 11.3. The van der Waals surface area contributed by atoms with E-state index < -0.39 is 0 Å². The first-order valence-electron chi connectivity index (χ1n) is 14.9. The van der Waals surface area contributed by atoms with Gasteiger partial charge in [-0.25, -0.2) is 0 Å². The molecule has 42 heavy (non-hydrogen) atoms. The van der Waals surface area contributed by atoms with Crippen molar-refractivity contribution in [2.75, 3.05) is 0 Å². The first-order valence-corrected chi connectivity index (χ1v) is 14.9. The molecule has 0 atom stereocenters. The second-order valence-corrected chi connectivity index (χ2v) is 11.3. The first-order chi connectivity index (χ1) is 20.7. The van der Waals surface area contributed by atoms with Gasteiger partial charge in [0, 0.05) is 0 Å². The third kappa shape index (κ3) is 4.80. The van der Waals surface area contributed by atoms with E-state index in [0.29, 0.717) is 0 Å². The molecule has 0 nitrogen and oxygen atoms in total. The lowest BCUT2D eigenvalue weighted by Crippen LogP contribution is -1.99. The molecule has 0 bridgehead atoms. The van der Waals surface area contributed by atoms with Gasteiger partial charge in [-0.3, -0.25) is 0 Å². The second kappa shape index (κ2) is 11.1. The van der Waals surface area contributed by atoms with E-state index in [4.69, 9.17) is 0 Å². The van der Waals surface area contributed by atoms with Crippen LogP contribution in [-0.2, 0) is 0 Å². The van der Waals surface area contributed by atoms with Gasteiger partial charge in [-0.2, -0.15) is 0 Å². The molecule has 0 spiro atoms. The number of fused-ring (bicyclic) bond motifs is 6. The number of benzene rings is 5. The molecule has 5 aromatic rings. The number of hydrogen-bond donors (Lipinski definition) is 0. The van der Waals surface area contributed by atoms with Gasteiger partial charge in [-0.05, 0) is 121 Å². The summed E-state index contributed by atoms with van der Waals surface area (Å²) in [6.45, 7) is 8.61. The highest BCUT2D eigenvalue weighted by Crippen LogP contribution is 2.38. The van der Waals surface area contributed by atoms with Crippen LogP contribution < -0.4 is 0 Å². The molecule has 0 amide bonds. The summed E-state index contributed by atoms with van der Waals surface area (Å²) >= 11 is 0. The van der Waals surface area contributed by atoms with Crippen LogP contribution in [0.4, 0.5) is 0 Å². The summed E-state index contributed by atoms with van der Waals surface area (Å²) < 4.78 is 0. The van der Waals surface area contributed by atoms with Crippen LogP contribution in [0.2, 0.25) is 0 Å². The highest BCUT2D eigenvalue weighted by molar-refractivity contribution is 6.25. The molecule has 0 heteroatoms. The summed E-state index contributed by atoms with van der Waals surface area (Å²) in [4.78, 5) is 0. The fourth-order valence-corrected chi connectivity index (χ4v) is 6.55. The molecule has 0 saturated heterocycles. The van der Waals surface area contributed by atoms with Crippen molar-refractivity contribution in [3.8, 4) is 11.1 Å². The fraction of sp³-hybridized carbons (Fsp3) is 0.0952. The topological polar surface area (TPSA) is 0 Å². The lowest BCUT2D eigenvalue weighted by molar-refractivity contribution is 0.877. The summed E-state index contributed by atoms with van der Waals surface area (Å²) in [5, 5.41) is 7.78. The Morgan fingerprint density at radius 2 is 1.26 bits per heavy atom. The summed E-state index contributed by atoms with van der Waals surface area (Å²) in [5.41, 5.74) is 9.96. The SMILES string of the molecule is C=C/C(=C\C(=C)C1=CC=C(C2=CC=CCC2)CC1)c1cccc(-c2ccc3c4ccccc4c4ccccc4c3c2)c1. The number of rotatable bonds is 6. The molecule has 0 unspecified atom stereocenters. The molecule has 0 heterocycles. The molecule has 7 rings (SSSR count). The smallest absolute Gasteiger partial charge is 0.00928 e. The van der Waals surface area contributed by atoms with Gasteiger partial charge in [0.1, 0.15) is 0 Å². The Hall–Kier alpha value is -4.94. The Labute approximate surface area is 248 Å². The zero-order valence-corrected chi connectivity index (χ0v) is 23.9. The van der Waals surface area contributed by atoms with Crippen LogP contribution in [0.3, 0.4) is 0 Å². The molecular formula is C42H34. The van der Waals surface area contributed by atoms with Crippen LogP contribution in [0.1, 0.15) is 31.2 Å². The molecule has 0 aromatic heterocycles. The van der Waals surface area contributed by atoms with E-state index in [1.54, 1.807) is 0 Å². The Balaban J connectivity index is 1.23. The lowest BCUT2D eigenvalue weighted by Gasteiger charge is -2.19. The Morgan fingerprint density at radius 1 is 0.595 bits per heavy atom. The molecule has 0 radical (unpaired) electrons. The van der Waals surface area contributed by atoms with Gasteiger partial charge in [-0.1, -0.05) is 128 Å². The van der Waals surface area contributed by atoms with E-state index in [2.05, 4.69) is 141 Å². The minimum Gasteiger partial charge on any atom is -0.0984 e. The maximum absolute atomic E-state index is 4.45. The van der Waals surface area contributed by atoms with Crippen molar-refractivity contribution >= 4 is 37.9 Å². The van der Waals surface area contributed by atoms with Gasteiger partial charge in [0.05, 0.1) is 0 Å². The van der Waals surface area contributed by atoms with Crippen LogP contribution >= 0.6 is 0 Å². The Kier molecular flexibility index (Phi) is 6.90. The van der Waals surface area contributed by atoms with Crippen LogP contribution in [0.25, 0.3) is 49.0 Å². The monoisotopic (exact) mass is 538 g/mol. The fourth-order valence-electron chi connectivity index (χ4n) is 6.55. The molecule has 0 N–H and O–H groups in total. The number of allylic oxidation sites excluding steroid dienone is 12. The molecule has 2 aliphatic carbocycles. The Bertz CT molecular complexity index is 2020. The summed E-state index contributed by atoms with van der Waals surface area (Å²) in [6, 6.07) is 33.2. The highest BCUT2D eigenvalue weighted by atomic mass is 14.2. The minimum atomic E-state index is 1.02. The molecule has 0 fully saturated rings. The highest BCUT2D eigenvalue weighted by Gasteiger charge is 2.14. The van der Waals surface area contributed by atoms with E-state index >= 15 is 0 Å². The van der Waals surface area contributed by atoms with Gasteiger partial charge in [0.2, 0.25) is 0 Å². The molecule has 2 aliphatic rings. The zero-order valence-electron chi connectivity index (χ0n) is 23.9. The van der Waals surface area contributed by atoms with Crippen molar-refractivity contribution < 1.29 is 0 Å². The van der Waals surface area contributed by atoms with Gasteiger partial charge >= 0.3 is 0 Å². The largest absolute Gasteiger partial charge is 0.0984 e. The Morgan fingerprint density at radius 3 is 1.90 bits per heavy atom. The van der Waals surface area contributed by atoms with Crippen molar-refractivity contribution in [3.05, 3.63) is 175 Å². The van der Waals surface area contributed by atoms with Crippen molar-refractivity contribution in [1.29, 1.82) is 0 Å². The third-order valence-electron chi connectivity index (χ3n) is 8.81. The van der Waals surface area contributed by atoms with Gasteiger partial charge in [0.25, 0.3) is 0 Å². The van der Waals surface area contributed by atoms with E-state index in [-0.39, 0.29) is 0 Å². The first kappa shape index (κ1) is 26.0. The quantitative estimate of drug-likeness (QED) is 0.149. The van der Waals surface area contributed by atoms with Crippen LogP contribution in [0.15, 0.2) is 169 Å². The molecule has 0 saturated carbocycles. The summed E-state index contributed by atoms with van der Waals surface area (Å²) in [6.07, 6.45) is 19.8. The summed E-state index contributed by atoms with van der Waals surface area (Å²) in [5.74, 6) is 0. The average molecular weight is 539 g/mol. The van der Waals surface area contributed by atoms with E-state index in [9.17, 15) is 0 Å². The zero-order chi connectivity index (χ0) is 28.5. The third-order valence-corrected chi connectivity index (χ3v) is 8.81. The van der Waals surface area contributed by atoms with Crippen LogP contribution in [-0.4, -0.2) is 0 Å². The van der Waals surface area contributed by atoms with Gasteiger partial charge in [0.15, 0.2) is 0 Å². The van der Waals surface area contributed by atoms with Gasteiger partial charge < -0.3 is 0 Å². The maximum atomic E-state index is 4.45. The molecule has 5 aromatic carbocycles. The molecule has 0 aliphatic heterocycles. The van der Waals surface area contributed by atoms with Gasteiger partial charge in [-0.15, -0.1) is 0 Å². The molecule has 202 valence electrons. The predicted octanol–water partition coefficient (Wildman–Crippen LogP) is 11.9. The van der Waals surface area contributed by atoms with Crippen LogP contribution in [0.5, 0.6) is 0 Å². The average Bonchev–Trinajstić information content (AvgIpc) is 3.07. The summed E-state index contributed by atoms with van der Waals surface area (Å²) in [7, 11) is 0. The van der Waals surface area contributed by atoms with Crippen molar-refractivity contribution in [3.63, 3.8) is 0 Å². The van der Waals surface area contributed by atoms with Crippen molar-refractivity contribution in [2.45, 2.75) is 25.7 Å². The van der Waals surface area contributed by atoms with E-state index in [1.165, 1.54) is 60.2 Å². The maximum Gasteiger partial charge on any atom is -0.00928 e. The normalized spacial score (nSPS) is 15.4. The van der Waals surface area contributed by atoms with Crippen LogP contribution in [0, 0.1) is 0 Å². The van der Waals surface area contributed by atoms with Crippen molar-refractivity contribution in [2.24, 2.45) is 0 Å². The number of hydrogen-bond acceptors (Lipinski definition) is 0. The van der Waals surface area contributed by atoms with E-state index in [0.717, 1.165) is 42.4 Å². The predicted molar refractivity (Wildman–Crippen MR) is 184 cm³/mol. The standard InChI is InChI=1S/C42H34/c1-3-30(26-29(2)31-20-22-33(23-21-31)32-12-5-4-6-13-32)34-14-11-15-35(27-34)36-24-25-41-39-18-8-7-16-37(39)38-17-9-10-19-40(38)42(41)28-36/h3-5,7-12,14-20,22,24-28H,1-2,6,13,21,23H2/b30-26+. The van der Waals surface area contributed by atoms with E-state index in [1.807, 2.05) is 6.08 Å². The lowest BCUT2D eigenvalue weighted by atomic mass is 9.86. The van der Waals surface area contributed by atoms with Crippen molar-refractivity contribution in [1.82, 2.24) is 0 Å². The molecular weight excluding hydrogens is 504 g/mol.